The van der Waals surface area contributed by atoms with Gasteiger partial charge in [0, 0.05) is 25.9 Å². The number of carbonyl (C=O) groups is 5. The first-order valence-electron chi connectivity index (χ1n) is 12.8. The predicted molar refractivity (Wildman–Crippen MR) is 132 cm³/mol. The molecule has 0 aromatic heterocycles. The molecule has 0 heterocycles. The largest absolute Gasteiger partial charge is 0.468 e. The first kappa shape index (κ1) is 32.4. The fourth-order valence-corrected chi connectivity index (χ4v) is 3.31. The average molecular weight is 500 g/mol. The quantitative estimate of drug-likeness (QED) is 0.137. The van der Waals surface area contributed by atoms with E-state index < -0.39 is 6.04 Å². The van der Waals surface area contributed by atoms with Crippen LogP contribution in [0.5, 0.6) is 0 Å². The predicted octanol–water partition coefficient (Wildman–Crippen LogP) is 2.39. The van der Waals surface area contributed by atoms with E-state index in [9.17, 15) is 24.0 Å². The number of carbonyl (C=O) groups excluding carboxylic acids is 5. The average Bonchev–Trinajstić information content (AvgIpc) is 2.83. The molecule has 10 nitrogen and oxygen atoms in total. The summed E-state index contributed by atoms with van der Waals surface area (Å²) in [5, 5.41) is 8.49. The molecule has 0 rings (SSSR count). The number of rotatable bonds is 24. The second kappa shape index (κ2) is 23.1. The van der Waals surface area contributed by atoms with Crippen molar-refractivity contribution in [2.75, 3.05) is 26.3 Å². The molecule has 1 atom stereocenters. The lowest BCUT2D eigenvalue weighted by Gasteiger charge is -2.19. The molecule has 1 unspecified atom stereocenters. The number of hydrogen-bond donors (Lipinski definition) is 3. The molecular formula is C25H45N3O7. The molecular weight excluding hydrogens is 454 g/mol. The first-order chi connectivity index (χ1) is 16.9. The summed E-state index contributed by atoms with van der Waals surface area (Å²) in [5.74, 6) is -0.236. The van der Waals surface area contributed by atoms with Crippen LogP contribution in [0.15, 0.2) is 0 Å². The molecule has 35 heavy (non-hydrogen) atoms. The Labute approximate surface area is 209 Å². The van der Waals surface area contributed by atoms with E-state index in [2.05, 4.69) is 25.4 Å². The van der Waals surface area contributed by atoms with Crippen LogP contribution in [0.25, 0.3) is 0 Å². The molecule has 10 heteroatoms. The van der Waals surface area contributed by atoms with E-state index >= 15 is 0 Å². The number of unbranched alkanes of at least 4 members (excludes halogenated alkanes) is 6. The van der Waals surface area contributed by atoms with E-state index in [4.69, 9.17) is 0 Å². The van der Waals surface area contributed by atoms with Crippen molar-refractivity contribution in [2.45, 2.75) is 96.9 Å². The van der Waals surface area contributed by atoms with Crippen molar-refractivity contribution in [3.63, 3.8) is 0 Å². The molecule has 0 bridgehead atoms. The molecule has 0 aliphatic rings. The van der Waals surface area contributed by atoms with Crippen LogP contribution >= 0.6 is 0 Å². The van der Waals surface area contributed by atoms with Gasteiger partial charge in [-0.05, 0) is 57.3 Å². The fourth-order valence-electron chi connectivity index (χ4n) is 3.31. The Bertz CT molecular complexity index is 600. The van der Waals surface area contributed by atoms with Gasteiger partial charge in [0.15, 0.2) is 0 Å². The monoisotopic (exact) mass is 499 g/mol. The summed E-state index contributed by atoms with van der Waals surface area (Å²) in [6, 6.07) is -0.751. The van der Waals surface area contributed by atoms with Crippen molar-refractivity contribution < 1.29 is 33.4 Å². The maximum absolute atomic E-state index is 12.7. The van der Waals surface area contributed by atoms with Gasteiger partial charge in [0.25, 0.3) is 12.9 Å². The summed E-state index contributed by atoms with van der Waals surface area (Å²) in [7, 11) is 0. The molecule has 0 spiro atoms. The Kier molecular flexibility index (Phi) is 21.4. The molecule has 0 saturated heterocycles. The van der Waals surface area contributed by atoms with E-state index in [-0.39, 0.29) is 30.6 Å². The Morgan fingerprint density at radius 2 is 1.20 bits per heavy atom. The van der Waals surface area contributed by atoms with Crippen LogP contribution in [0.4, 0.5) is 0 Å². The van der Waals surface area contributed by atoms with Gasteiger partial charge < -0.3 is 25.4 Å². The summed E-state index contributed by atoms with van der Waals surface area (Å²) in [4.78, 5) is 57.3. The Balaban J connectivity index is 4.34. The summed E-state index contributed by atoms with van der Waals surface area (Å²) in [6.45, 7) is 6.79. The standard InChI is InChI=1S/C25H45N3O7/c1-21(2)11-13-24(32)28-22(25(33)27-16-8-4-6-10-18-35-20-30)12-14-23(31)26-15-7-3-5-9-17-34-19-29/h19-22H,3-18H2,1-2H3,(H,26,31)(H,27,33)(H,28,32). The normalized spacial score (nSPS) is 11.4. The highest BCUT2D eigenvalue weighted by Crippen LogP contribution is 2.06. The van der Waals surface area contributed by atoms with Gasteiger partial charge in [0.05, 0.1) is 13.2 Å². The van der Waals surface area contributed by atoms with Gasteiger partial charge in [-0.1, -0.05) is 26.7 Å². The summed E-state index contributed by atoms with van der Waals surface area (Å²) in [6.07, 6.45) is 8.26. The van der Waals surface area contributed by atoms with E-state index in [0.717, 1.165) is 57.8 Å². The number of nitrogens with one attached hydrogen (secondary N) is 3. The molecule has 202 valence electrons. The number of amides is 3. The van der Waals surface area contributed by atoms with Gasteiger partial charge in [-0.2, -0.15) is 0 Å². The lowest BCUT2D eigenvalue weighted by atomic mass is 10.1. The Hall–Kier alpha value is -2.65. The van der Waals surface area contributed by atoms with E-state index in [1.165, 1.54) is 0 Å². The third kappa shape index (κ3) is 21.6. The maximum atomic E-state index is 12.7. The van der Waals surface area contributed by atoms with Gasteiger partial charge >= 0.3 is 0 Å². The molecule has 0 aliphatic carbocycles. The van der Waals surface area contributed by atoms with Crippen LogP contribution in [-0.4, -0.2) is 63.0 Å². The highest BCUT2D eigenvalue weighted by atomic mass is 16.5. The second-order valence-corrected chi connectivity index (χ2v) is 8.99. The van der Waals surface area contributed by atoms with Gasteiger partial charge in [-0.3, -0.25) is 24.0 Å². The Morgan fingerprint density at radius 3 is 1.74 bits per heavy atom. The van der Waals surface area contributed by atoms with Crippen molar-refractivity contribution in [3.8, 4) is 0 Å². The van der Waals surface area contributed by atoms with Crippen molar-refractivity contribution in [1.29, 1.82) is 0 Å². The van der Waals surface area contributed by atoms with Crippen LogP contribution in [0.2, 0.25) is 0 Å². The van der Waals surface area contributed by atoms with Crippen LogP contribution in [-0.2, 0) is 33.4 Å². The summed E-state index contributed by atoms with van der Waals surface area (Å²) < 4.78 is 9.28. The third-order valence-electron chi connectivity index (χ3n) is 5.40. The van der Waals surface area contributed by atoms with Crippen LogP contribution in [0.1, 0.15) is 90.9 Å². The minimum Gasteiger partial charge on any atom is -0.468 e. The molecule has 0 saturated carbocycles. The van der Waals surface area contributed by atoms with Crippen molar-refractivity contribution >= 4 is 30.7 Å². The maximum Gasteiger partial charge on any atom is 0.293 e. The van der Waals surface area contributed by atoms with Gasteiger partial charge in [-0.15, -0.1) is 0 Å². The molecule has 0 aromatic carbocycles. The fraction of sp³-hybridized carbons (Fsp3) is 0.800. The van der Waals surface area contributed by atoms with Crippen LogP contribution in [0, 0.1) is 5.92 Å². The highest BCUT2D eigenvalue weighted by molar-refractivity contribution is 5.88. The topological polar surface area (TPSA) is 140 Å². The van der Waals surface area contributed by atoms with Gasteiger partial charge in [0.2, 0.25) is 17.7 Å². The third-order valence-corrected chi connectivity index (χ3v) is 5.40. The van der Waals surface area contributed by atoms with E-state index in [1.807, 2.05) is 13.8 Å². The molecule has 0 aliphatic heterocycles. The zero-order valence-electron chi connectivity index (χ0n) is 21.5. The zero-order chi connectivity index (χ0) is 26.2. The lowest BCUT2D eigenvalue weighted by Crippen LogP contribution is -2.47. The summed E-state index contributed by atoms with van der Waals surface area (Å²) >= 11 is 0. The Morgan fingerprint density at radius 1 is 0.686 bits per heavy atom. The summed E-state index contributed by atoms with van der Waals surface area (Å²) in [5.41, 5.74) is 0. The van der Waals surface area contributed by atoms with Crippen LogP contribution in [0.3, 0.4) is 0 Å². The minimum atomic E-state index is -0.751. The molecule has 0 radical (unpaired) electrons. The minimum absolute atomic E-state index is 0.145. The zero-order valence-corrected chi connectivity index (χ0v) is 21.5. The SMILES string of the molecule is CC(C)CCC(=O)NC(CCC(=O)NCCCCCCOC=O)C(=O)NCCCCCCOC=O. The first-order valence-corrected chi connectivity index (χ1v) is 12.8. The molecule has 3 N–H and O–H groups in total. The molecule has 3 amide bonds. The lowest BCUT2D eigenvalue weighted by molar-refractivity contribution is -0.130. The van der Waals surface area contributed by atoms with Gasteiger partial charge in [-0.25, -0.2) is 0 Å². The van der Waals surface area contributed by atoms with Crippen molar-refractivity contribution in [1.82, 2.24) is 16.0 Å². The highest BCUT2D eigenvalue weighted by Gasteiger charge is 2.21. The van der Waals surface area contributed by atoms with Gasteiger partial charge in [0.1, 0.15) is 6.04 Å². The molecule has 0 fully saturated rings. The van der Waals surface area contributed by atoms with Crippen molar-refractivity contribution in [3.05, 3.63) is 0 Å². The van der Waals surface area contributed by atoms with E-state index in [1.54, 1.807) is 0 Å². The van der Waals surface area contributed by atoms with Crippen molar-refractivity contribution in [2.24, 2.45) is 5.92 Å². The molecule has 0 aromatic rings. The van der Waals surface area contributed by atoms with Crippen LogP contribution < -0.4 is 16.0 Å². The number of hydrogen-bond acceptors (Lipinski definition) is 7. The number of ether oxygens (including phenoxy) is 2. The smallest absolute Gasteiger partial charge is 0.293 e. The second-order valence-electron chi connectivity index (χ2n) is 8.99. The van der Waals surface area contributed by atoms with E-state index in [0.29, 0.717) is 51.6 Å².